The Morgan fingerprint density at radius 3 is 2.92 bits per heavy atom. The van der Waals surface area contributed by atoms with Gasteiger partial charge in [0, 0.05) is 0 Å². The Kier molecular flexibility index (Phi) is 5.08. The SMILES string of the molecule is C=CCOc1ccc(C=NNc2nc3ccccc3s2)cc1OC. The highest BCUT2D eigenvalue weighted by molar-refractivity contribution is 7.22. The summed E-state index contributed by atoms with van der Waals surface area (Å²) < 4.78 is 12.0. The minimum Gasteiger partial charge on any atom is -0.493 e. The van der Waals surface area contributed by atoms with Crippen molar-refractivity contribution in [2.75, 3.05) is 19.1 Å². The Morgan fingerprint density at radius 2 is 2.12 bits per heavy atom. The number of para-hydroxylation sites is 1. The standard InChI is InChI=1S/C18H17N3O2S/c1-3-10-23-15-9-8-13(11-16(15)22-2)12-19-21-18-20-14-6-4-5-7-17(14)24-18/h3-9,11-12H,1,10H2,2H3,(H,20,21). The fourth-order valence-electron chi connectivity index (χ4n) is 2.11. The molecule has 0 atom stereocenters. The van der Waals surface area contributed by atoms with Crippen LogP contribution in [0.4, 0.5) is 5.13 Å². The van der Waals surface area contributed by atoms with Crippen molar-refractivity contribution in [3.8, 4) is 11.5 Å². The van der Waals surface area contributed by atoms with Crippen molar-refractivity contribution >= 4 is 32.9 Å². The van der Waals surface area contributed by atoms with E-state index in [1.165, 1.54) is 0 Å². The number of benzene rings is 2. The number of aromatic nitrogens is 1. The molecule has 122 valence electrons. The highest BCUT2D eigenvalue weighted by atomic mass is 32.1. The molecule has 1 heterocycles. The number of hydrazone groups is 1. The molecule has 2 aromatic carbocycles. The Balaban J connectivity index is 1.70. The number of fused-ring (bicyclic) bond motifs is 1. The van der Waals surface area contributed by atoms with Crippen LogP contribution in [0.2, 0.25) is 0 Å². The number of hydrogen-bond acceptors (Lipinski definition) is 6. The zero-order valence-corrected chi connectivity index (χ0v) is 14.0. The molecule has 1 aromatic heterocycles. The van der Waals surface area contributed by atoms with Gasteiger partial charge >= 0.3 is 0 Å². The number of hydrogen-bond donors (Lipinski definition) is 1. The normalized spacial score (nSPS) is 10.9. The van der Waals surface area contributed by atoms with Crippen LogP contribution in [-0.4, -0.2) is 24.9 Å². The average molecular weight is 339 g/mol. The number of thiazole rings is 1. The van der Waals surface area contributed by atoms with Crippen LogP contribution in [0.15, 0.2) is 60.2 Å². The van der Waals surface area contributed by atoms with Gasteiger partial charge in [-0.3, -0.25) is 5.43 Å². The van der Waals surface area contributed by atoms with Gasteiger partial charge in [-0.25, -0.2) is 4.98 Å². The van der Waals surface area contributed by atoms with Crippen molar-refractivity contribution in [3.05, 3.63) is 60.7 Å². The molecule has 0 aliphatic rings. The molecule has 0 aliphatic heterocycles. The Bertz CT molecular complexity index is 841. The fourth-order valence-corrected chi connectivity index (χ4v) is 2.93. The molecule has 0 spiro atoms. The molecule has 3 aromatic rings. The van der Waals surface area contributed by atoms with Gasteiger partial charge in [0.05, 0.1) is 23.5 Å². The maximum absolute atomic E-state index is 5.53. The van der Waals surface area contributed by atoms with Crippen molar-refractivity contribution < 1.29 is 9.47 Å². The first-order valence-electron chi connectivity index (χ1n) is 7.36. The van der Waals surface area contributed by atoms with E-state index in [0.29, 0.717) is 18.1 Å². The molecule has 0 radical (unpaired) electrons. The van der Waals surface area contributed by atoms with Crippen LogP contribution in [0.25, 0.3) is 10.2 Å². The summed E-state index contributed by atoms with van der Waals surface area (Å²) >= 11 is 1.56. The predicted octanol–water partition coefficient (Wildman–Crippen LogP) is 4.32. The van der Waals surface area contributed by atoms with Gasteiger partial charge < -0.3 is 9.47 Å². The summed E-state index contributed by atoms with van der Waals surface area (Å²) in [5, 5.41) is 4.99. The van der Waals surface area contributed by atoms with Gasteiger partial charge in [0.25, 0.3) is 0 Å². The van der Waals surface area contributed by atoms with Crippen LogP contribution < -0.4 is 14.9 Å². The monoisotopic (exact) mass is 339 g/mol. The number of anilines is 1. The van der Waals surface area contributed by atoms with Gasteiger partial charge in [-0.05, 0) is 35.9 Å². The molecule has 0 unspecified atom stereocenters. The lowest BCUT2D eigenvalue weighted by molar-refractivity contribution is 0.326. The van der Waals surface area contributed by atoms with E-state index in [-0.39, 0.29) is 0 Å². The van der Waals surface area contributed by atoms with Gasteiger partial charge in [0.15, 0.2) is 11.5 Å². The van der Waals surface area contributed by atoms with Crippen molar-refractivity contribution in [2.45, 2.75) is 0 Å². The van der Waals surface area contributed by atoms with E-state index in [9.17, 15) is 0 Å². The first-order valence-corrected chi connectivity index (χ1v) is 8.18. The summed E-state index contributed by atoms with van der Waals surface area (Å²) in [7, 11) is 1.61. The number of nitrogens with zero attached hydrogens (tertiary/aromatic N) is 2. The maximum Gasteiger partial charge on any atom is 0.204 e. The van der Waals surface area contributed by atoms with E-state index < -0.39 is 0 Å². The molecular formula is C18H17N3O2S. The summed E-state index contributed by atoms with van der Waals surface area (Å²) in [6, 6.07) is 13.6. The second-order valence-electron chi connectivity index (χ2n) is 4.87. The van der Waals surface area contributed by atoms with Crippen LogP contribution in [0.3, 0.4) is 0 Å². The van der Waals surface area contributed by atoms with Gasteiger partial charge in [0.2, 0.25) is 5.13 Å². The van der Waals surface area contributed by atoms with Crippen molar-refractivity contribution in [1.82, 2.24) is 4.98 Å². The quantitative estimate of drug-likeness (QED) is 0.396. The first kappa shape index (κ1) is 16.0. The predicted molar refractivity (Wildman–Crippen MR) is 99.5 cm³/mol. The largest absolute Gasteiger partial charge is 0.493 e. The summed E-state index contributed by atoms with van der Waals surface area (Å²) in [5.41, 5.74) is 4.82. The lowest BCUT2D eigenvalue weighted by Gasteiger charge is -2.09. The second-order valence-corrected chi connectivity index (χ2v) is 5.90. The number of nitrogens with one attached hydrogen (secondary N) is 1. The lowest BCUT2D eigenvalue weighted by Crippen LogP contribution is -1.97. The van der Waals surface area contributed by atoms with Crippen molar-refractivity contribution in [3.63, 3.8) is 0 Å². The van der Waals surface area contributed by atoms with Gasteiger partial charge in [0.1, 0.15) is 6.61 Å². The summed E-state index contributed by atoms with van der Waals surface area (Å²) in [5.74, 6) is 1.33. The van der Waals surface area contributed by atoms with Gasteiger partial charge in [-0.15, -0.1) is 0 Å². The number of rotatable bonds is 7. The minimum absolute atomic E-state index is 0.433. The maximum atomic E-state index is 5.53. The van der Waals surface area contributed by atoms with Crippen LogP contribution in [-0.2, 0) is 0 Å². The molecule has 24 heavy (non-hydrogen) atoms. The van der Waals surface area contributed by atoms with E-state index in [1.807, 2.05) is 42.5 Å². The third-order valence-corrected chi connectivity index (χ3v) is 4.15. The molecule has 5 nitrogen and oxygen atoms in total. The van der Waals surface area contributed by atoms with Crippen LogP contribution in [0, 0.1) is 0 Å². The molecule has 0 fully saturated rings. The average Bonchev–Trinajstić information content (AvgIpc) is 3.03. The molecule has 0 saturated heterocycles. The molecule has 6 heteroatoms. The van der Waals surface area contributed by atoms with Gasteiger partial charge in [-0.2, -0.15) is 5.10 Å². The zero-order valence-electron chi connectivity index (χ0n) is 13.2. The third-order valence-electron chi connectivity index (χ3n) is 3.21. The minimum atomic E-state index is 0.433. The highest BCUT2D eigenvalue weighted by Gasteiger charge is 2.04. The smallest absolute Gasteiger partial charge is 0.204 e. The molecular weight excluding hydrogens is 322 g/mol. The topological polar surface area (TPSA) is 55.7 Å². The summed E-state index contributed by atoms with van der Waals surface area (Å²) in [6.45, 7) is 4.07. The zero-order chi connectivity index (χ0) is 16.8. The third kappa shape index (κ3) is 3.72. The van der Waals surface area contributed by atoms with Crippen LogP contribution >= 0.6 is 11.3 Å². The van der Waals surface area contributed by atoms with Gasteiger partial charge in [-0.1, -0.05) is 36.1 Å². The van der Waals surface area contributed by atoms with Crippen molar-refractivity contribution in [1.29, 1.82) is 0 Å². The summed E-state index contributed by atoms with van der Waals surface area (Å²) in [6.07, 6.45) is 3.41. The first-order chi connectivity index (χ1) is 11.8. The molecule has 0 bridgehead atoms. The van der Waals surface area contributed by atoms with E-state index in [1.54, 1.807) is 30.7 Å². The molecule has 1 N–H and O–H groups in total. The van der Waals surface area contributed by atoms with E-state index in [4.69, 9.17) is 9.47 Å². The van der Waals surface area contributed by atoms with Crippen molar-refractivity contribution in [2.24, 2.45) is 5.10 Å². The lowest BCUT2D eigenvalue weighted by atomic mass is 10.2. The molecule has 0 aliphatic carbocycles. The Labute approximate surface area is 144 Å². The van der Waals surface area contributed by atoms with Crippen LogP contribution in [0.1, 0.15) is 5.56 Å². The van der Waals surface area contributed by atoms with Crippen LogP contribution in [0.5, 0.6) is 11.5 Å². The second kappa shape index (κ2) is 7.61. The van der Waals surface area contributed by atoms with E-state index in [0.717, 1.165) is 20.9 Å². The Hall–Kier alpha value is -2.86. The van der Waals surface area contributed by atoms with E-state index in [2.05, 4.69) is 22.1 Å². The number of methoxy groups -OCH3 is 1. The van der Waals surface area contributed by atoms with E-state index >= 15 is 0 Å². The Morgan fingerprint density at radius 1 is 1.25 bits per heavy atom. The highest BCUT2D eigenvalue weighted by Crippen LogP contribution is 2.28. The molecule has 3 rings (SSSR count). The molecule has 0 saturated carbocycles. The fraction of sp³-hybridized carbons (Fsp3) is 0.111. The molecule has 0 amide bonds. The number of ether oxygens (including phenoxy) is 2. The summed E-state index contributed by atoms with van der Waals surface area (Å²) in [4.78, 5) is 4.47.